The van der Waals surface area contributed by atoms with Gasteiger partial charge in [-0.1, -0.05) is 6.07 Å². The second kappa shape index (κ2) is 6.33. The Balaban J connectivity index is 1.35. The van der Waals surface area contributed by atoms with E-state index in [4.69, 9.17) is 9.47 Å². The van der Waals surface area contributed by atoms with Crippen LogP contribution in [0, 0.1) is 40.7 Å². The summed E-state index contributed by atoms with van der Waals surface area (Å²) >= 11 is 0. The fourth-order valence-corrected chi connectivity index (χ4v) is 4.64. The summed E-state index contributed by atoms with van der Waals surface area (Å²) in [5.41, 5.74) is 0.610. The van der Waals surface area contributed by atoms with Crippen molar-refractivity contribution < 1.29 is 28.8 Å². The van der Waals surface area contributed by atoms with Crippen molar-refractivity contribution in [3.8, 4) is 0 Å². The van der Waals surface area contributed by atoms with Gasteiger partial charge in [0.15, 0.2) is 6.61 Å². The van der Waals surface area contributed by atoms with Crippen LogP contribution in [0.4, 0.5) is 11.4 Å². The van der Waals surface area contributed by atoms with Gasteiger partial charge in [-0.15, -0.1) is 0 Å². The zero-order valence-corrected chi connectivity index (χ0v) is 14.5. The number of nitro benzene ring substituents is 1. The Hall–Kier alpha value is -2.97. The molecule has 27 heavy (non-hydrogen) atoms. The lowest BCUT2D eigenvalue weighted by molar-refractivity contribution is -0.385. The molecule has 0 spiro atoms. The number of amides is 1. The predicted octanol–water partition coefficient (Wildman–Crippen LogP) is 1.58. The molecule has 1 N–H and O–H groups in total. The molecule has 3 fully saturated rings. The molecule has 2 bridgehead atoms. The number of hydrogen-bond donors (Lipinski definition) is 1. The number of nitro groups is 1. The lowest BCUT2D eigenvalue weighted by Gasteiger charge is -2.22. The highest BCUT2D eigenvalue weighted by molar-refractivity contribution is 5.94. The van der Waals surface area contributed by atoms with Crippen LogP contribution in [0.5, 0.6) is 0 Å². The zero-order chi connectivity index (χ0) is 19.3. The summed E-state index contributed by atoms with van der Waals surface area (Å²) < 4.78 is 10.4. The molecule has 142 valence electrons. The molecule has 9 nitrogen and oxygen atoms in total. The Morgan fingerprint density at radius 1 is 1.37 bits per heavy atom. The van der Waals surface area contributed by atoms with E-state index in [2.05, 4.69) is 5.32 Å². The summed E-state index contributed by atoms with van der Waals surface area (Å²) in [7, 11) is 0. The normalized spacial score (nSPS) is 30.1. The topological polar surface area (TPSA) is 125 Å². The Morgan fingerprint density at radius 2 is 2.15 bits per heavy atom. The molecule has 0 aromatic heterocycles. The third-order valence-electron chi connectivity index (χ3n) is 5.79. The minimum absolute atomic E-state index is 0.0618. The number of benzene rings is 1. The maximum atomic E-state index is 12.4. The summed E-state index contributed by atoms with van der Waals surface area (Å²) in [4.78, 5) is 46.8. The largest absolute Gasteiger partial charge is 0.462 e. The van der Waals surface area contributed by atoms with Crippen molar-refractivity contribution in [3.63, 3.8) is 0 Å². The minimum atomic E-state index is -0.600. The Morgan fingerprint density at radius 3 is 2.89 bits per heavy atom. The summed E-state index contributed by atoms with van der Waals surface area (Å²) in [6.07, 6.45) is 1.38. The van der Waals surface area contributed by atoms with Crippen LogP contribution in [0.15, 0.2) is 18.2 Å². The first-order chi connectivity index (χ1) is 12.8. The fourth-order valence-electron chi connectivity index (χ4n) is 4.64. The lowest BCUT2D eigenvalue weighted by atomic mass is 9.80. The molecule has 1 aromatic rings. The van der Waals surface area contributed by atoms with Gasteiger partial charge in [-0.25, -0.2) is 0 Å². The standard InChI is InChI=1S/C18H18N2O7/c1-8-2-3-10(6-12(8)20(24)25)19-14(21)7-26-17(22)15-9-4-11-13(5-9)27-18(23)16(11)15/h2-3,6,9,11,13,15-16H,4-5,7H2,1H3,(H,19,21)/t9-,11+,13-,15-,16+/m1/s1. The van der Waals surface area contributed by atoms with Crippen LogP contribution in [-0.2, 0) is 23.9 Å². The van der Waals surface area contributed by atoms with Crippen LogP contribution in [0.25, 0.3) is 0 Å². The Bertz CT molecular complexity index is 850. The van der Waals surface area contributed by atoms with Gasteiger partial charge in [0.25, 0.3) is 11.6 Å². The smallest absolute Gasteiger partial charge is 0.310 e. The zero-order valence-electron chi connectivity index (χ0n) is 14.5. The molecule has 1 aliphatic heterocycles. The number of fused-ring (bicyclic) bond motifs is 1. The highest BCUT2D eigenvalue weighted by Gasteiger charge is 2.64. The highest BCUT2D eigenvalue weighted by Crippen LogP contribution is 2.57. The second-order valence-corrected chi connectivity index (χ2v) is 7.34. The first-order valence-corrected chi connectivity index (χ1v) is 8.77. The highest BCUT2D eigenvalue weighted by atomic mass is 16.6. The molecule has 5 atom stereocenters. The average Bonchev–Trinajstić information content (AvgIpc) is 3.23. The van der Waals surface area contributed by atoms with E-state index in [1.165, 1.54) is 18.2 Å². The van der Waals surface area contributed by atoms with Gasteiger partial charge >= 0.3 is 11.9 Å². The van der Waals surface area contributed by atoms with Crippen LogP contribution < -0.4 is 5.32 Å². The third kappa shape index (κ3) is 2.92. The van der Waals surface area contributed by atoms with E-state index >= 15 is 0 Å². The van der Waals surface area contributed by atoms with Crippen LogP contribution >= 0.6 is 0 Å². The van der Waals surface area contributed by atoms with Gasteiger partial charge < -0.3 is 14.8 Å². The molecule has 2 saturated carbocycles. The number of hydrogen-bond acceptors (Lipinski definition) is 7. The molecule has 2 aliphatic carbocycles. The summed E-state index contributed by atoms with van der Waals surface area (Å²) in [6.45, 7) is 1.08. The Labute approximate surface area is 154 Å². The number of ether oxygens (including phenoxy) is 2. The fraction of sp³-hybridized carbons (Fsp3) is 0.500. The van der Waals surface area contributed by atoms with E-state index in [0.717, 1.165) is 6.42 Å². The number of esters is 2. The number of nitrogens with zero attached hydrogens (tertiary/aromatic N) is 1. The molecule has 0 radical (unpaired) electrons. The molecule has 1 heterocycles. The molecule has 9 heteroatoms. The summed E-state index contributed by atoms with van der Waals surface area (Å²) in [6, 6.07) is 4.31. The molecule has 1 amide bonds. The predicted molar refractivity (Wildman–Crippen MR) is 90.5 cm³/mol. The number of anilines is 1. The molecule has 1 saturated heterocycles. The number of carbonyl (C=O) groups excluding carboxylic acids is 3. The third-order valence-corrected chi connectivity index (χ3v) is 5.79. The number of nitrogens with one attached hydrogen (secondary N) is 1. The summed E-state index contributed by atoms with van der Waals surface area (Å²) in [5, 5.41) is 13.4. The maximum absolute atomic E-state index is 12.4. The number of carbonyl (C=O) groups is 3. The minimum Gasteiger partial charge on any atom is -0.462 e. The first-order valence-electron chi connectivity index (χ1n) is 8.77. The van der Waals surface area contributed by atoms with Crippen molar-refractivity contribution in [2.75, 3.05) is 11.9 Å². The van der Waals surface area contributed by atoms with E-state index < -0.39 is 35.2 Å². The molecular formula is C18H18N2O7. The van der Waals surface area contributed by atoms with E-state index in [1.807, 2.05) is 0 Å². The van der Waals surface area contributed by atoms with Gasteiger partial charge in [0.1, 0.15) is 6.10 Å². The van der Waals surface area contributed by atoms with Crippen molar-refractivity contribution >= 4 is 29.2 Å². The van der Waals surface area contributed by atoms with Gasteiger partial charge in [-0.2, -0.15) is 0 Å². The van der Waals surface area contributed by atoms with Crippen LogP contribution in [-0.4, -0.2) is 35.5 Å². The lowest BCUT2D eigenvalue weighted by Crippen LogP contribution is -2.34. The molecule has 1 aromatic carbocycles. The quantitative estimate of drug-likeness (QED) is 0.471. The molecule has 0 unspecified atom stereocenters. The van der Waals surface area contributed by atoms with Crippen molar-refractivity contribution in [1.82, 2.24) is 0 Å². The SMILES string of the molecule is Cc1ccc(NC(=O)COC(=O)[C@@H]2[C@@H]3C[C@@H]4[C@@H]2C(=O)O[C@@H]4C3)cc1[N+](=O)[O-]. The second-order valence-electron chi connectivity index (χ2n) is 7.34. The van der Waals surface area contributed by atoms with Crippen LogP contribution in [0.2, 0.25) is 0 Å². The maximum Gasteiger partial charge on any atom is 0.310 e. The van der Waals surface area contributed by atoms with Crippen molar-refractivity contribution in [2.45, 2.75) is 25.9 Å². The van der Waals surface area contributed by atoms with Crippen molar-refractivity contribution in [1.29, 1.82) is 0 Å². The van der Waals surface area contributed by atoms with Gasteiger partial charge in [0.05, 0.1) is 16.8 Å². The van der Waals surface area contributed by atoms with Crippen molar-refractivity contribution in [2.24, 2.45) is 23.7 Å². The van der Waals surface area contributed by atoms with Gasteiger partial charge in [0.2, 0.25) is 0 Å². The van der Waals surface area contributed by atoms with Crippen molar-refractivity contribution in [3.05, 3.63) is 33.9 Å². The first kappa shape index (κ1) is 17.4. The van der Waals surface area contributed by atoms with E-state index in [-0.39, 0.29) is 35.3 Å². The summed E-state index contributed by atoms with van der Waals surface area (Å²) in [5.74, 6) is -2.36. The number of rotatable bonds is 5. The molecular weight excluding hydrogens is 356 g/mol. The van der Waals surface area contributed by atoms with Gasteiger partial charge in [0, 0.05) is 23.2 Å². The van der Waals surface area contributed by atoms with E-state index in [1.54, 1.807) is 6.92 Å². The van der Waals surface area contributed by atoms with Crippen LogP contribution in [0.1, 0.15) is 18.4 Å². The van der Waals surface area contributed by atoms with Gasteiger partial charge in [-0.05, 0) is 31.7 Å². The Kier molecular flexibility index (Phi) is 4.09. The number of aryl methyl sites for hydroxylation is 1. The monoisotopic (exact) mass is 374 g/mol. The van der Waals surface area contributed by atoms with Gasteiger partial charge in [-0.3, -0.25) is 24.5 Å². The average molecular weight is 374 g/mol. The molecule has 3 aliphatic rings. The van der Waals surface area contributed by atoms with E-state index in [9.17, 15) is 24.5 Å². The van der Waals surface area contributed by atoms with Crippen LogP contribution in [0.3, 0.4) is 0 Å². The van der Waals surface area contributed by atoms with E-state index in [0.29, 0.717) is 12.0 Å². The molecule has 4 rings (SSSR count).